The first kappa shape index (κ1) is 29.2. The summed E-state index contributed by atoms with van der Waals surface area (Å²) in [6.07, 6.45) is 7.09. The molecule has 8 aromatic carbocycles. The molecule has 1 heteroatoms. The molecular weight excluding hydrogens is 657 g/mol. The monoisotopic (exact) mass is 694 g/mol. The number of thiophene rings is 1. The van der Waals surface area contributed by atoms with Crippen molar-refractivity contribution < 1.29 is 0 Å². The summed E-state index contributed by atoms with van der Waals surface area (Å²) in [6.45, 7) is 0. The van der Waals surface area contributed by atoms with E-state index in [1.54, 1.807) is 11.1 Å². The Morgan fingerprint density at radius 1 is 0.415 bits per heavy atom. The highest BCUT2D eigenvalue weighted by molar-refractivity contribution is 7.25. The van der Waals surface area contributed by atoms with Gasteiger partial charge in [-0.05, 0) is 157 Å². The molecule has 252 valence electrons. The summed E-state index contributed by atoms with van der Waals surface area (Å²) in [7, 11) is 0. The SMILES string of the molecule is c1ccc2c3c(ccc2c1)-c1cc(-c2c4ccccc4c(-c4ccc5sc6ccccc6c5c4)c4ccccc24)ccc1C31C2CC3CC(C2)CC1C3. The first-order valence-corrected chi connectivity index (χ1v) is 20.6. The summed E-state index contributed by atoms with van der Waals surface area (Å²) in [5.41, 5.74) is 11.7. The highest BCUT2D eigenvalue weighted by Gasteiger charge is 2.62. The predicted octanol–water partition coefficient (Wildman–Crippen LogP) is 14.6. The normalized spacial score (nSPS) is 23.9. The van der Waals surface area contributed by atoms with E-state index in [4.69, 9.17) is 0 Å². The van der Waals surface area contributed by atoms with Crippen molar-refractivity contribution in [1.82, 2.24) is 0 Å². The topological polar surface area (TPSA) is 0 Å². The van der Waals surface area contributed by atoms with Gasteiger partial charge in [0.05, 0.1) is 0 Å². The van der Waals surface area contributed by atoms with Gasteiger partial charge in [-0.3, -0.25) is 0 Å². The van der Waals surface area contributed by atoms with Crippen LogP contribution in [0.2, 0.25) is 0 Å². The Morgan fingerprint density at radius 3 is 1.64 bits per heavy atom. The van der Waals surface area contributed by atoms with Crippen molar-refractivity contribution in [1.29, 1.82) is 0 Å². The van der Waals surface area contributed by atoms with Crippen LogP contribution in [0.4, 0.5) is 0 Å². The summed E-state index contributed by atoms with van der Waals surface area (Å²) < 4.78 is 2.70. The van der Waals surface area contributed by atoms with E-state index in [0.717, 1.165) is 23.7 Å². The van der Waals surface area contributed by atoms with Crippen LogP contribution in [0.1, 0.15) is 43.2 Å². The maximum absolute atomic E-state index is 2.61. The van der Waals surface area contributed by atoms with Crippen molar-refractivity contribution in [3.8, 4) is 33.4 Å². The molecule has 4 saturated carbocycles. The number of rotatable bonds is 2. The van der Waals surface area contributed by atoms with Crippen LogP contribution in [0.3, 0.4) is 0 Å². The molecule has 0 unspecified atom stereocenters. The van der Waals surface area contributed by atoms with Gasteiger partial charge in [0.2, 0.25) is 0 Å². The first-order chi connectivity index (χ1) is 26.2. The molecule has 0 atom stereocenters. The maximum Gasteiger partial charge on any atom is 0.0355 e. The third-order valence-electron chi connectivity index (χ3n) is 14.4. The Morgan fingerprint density at radius 2 is 0.962 bits per heavy atom. The highest BCUT2D eigenvalue weighted by Crippen LogP contribution is 2.70. The zero-order valence-electron chi connectivity index (χ0n) is 29.6. The molecule has 9 aromatic rings. The lowest BCUT2D eigenvalue weighted by Crippen LogP contribution is -2.55. The minimum atomic E-state index is 0.135. The number of benzene rings is 8. The third kappa shape index (κ3) is 3.76. The molecule has 1 aromatic heterocycles. The molecule has 14 rings (SSSR count). The molecule has 0 saturated heterocycles. The Bertz CT molecular complexity index is 2940. The molecule has 0 amide bonds. The fraction of sp³-hybridized carbons (Fsp3) is 0.192. The fourth-order valence-corrected chi connectivity index (χ4v) is 13.9. The van der Waals surface area contributed by atoms with E-state index in [0.29, 0.717) is 0 Å². The average molecular weight is 695 g/mol. The molecule has 53 heavy (non-hydrogen) atoms. The smallest absolute Gasteiger partial charge is 0.0355 e. The second-order valence-electron chi connectivity index (χ2n) is 16.8. The Hall–Kier alpha value is -5.24. The van der Waals surface area contributed by atoms with Gasteiger partial charge < -0.3 is 0 Å². The summed E-state index contributed by atoms with van der Waals surface area (Å²) >= 11 is 1.89. The van der Waals surface area contributed by atoms with Gasteiger partial charge in [-0.1, -0.05) is 121 Å². The number of hydrogen-bond donors (Lipinski definition) is 0. The van der Waals surface area contributed by atoms with Crippen LogP contribution in [0.15, 0.2) is 146 Å². The van der Waals surface area contributed by atoms with E-state index < -0.39 is 0 Å². The summed E-state index contributed by atoms with van der Waals surface area (Å²) in [6, 6.07) is 56.2. The molecule has 0 nitrogen and oxygen atoms in total. The number of hydrogen-bond acceptors (Lipinski definition) is 1. The van der Waals surface area contributed by atoms with Gasteiger partial charge in [0.1, 0.15) is 0 Å². The molecule has 4 fully saturated rings. The fourth-order valence-electron chi connectivity index (χ4n) is 12.8. The van der Waals surface area contributed by atoms with E-state index in [2.05, 4.69) is 146 Å². The summed E-state index contributed by atoms with van der Waals surface area (Å²) in [5, 5.41) is 10.9. The Kier molecular flexibility index (Phi) is 5.77. The van der Waals surface area contributed by atoms with Crippen LogP contribution >= 0.6 is 11.3 Å². The number of fused-ring (bicyclic) bond motifs is 10. The zero-order valence-corrected chi connectivity index (χ0v) is 30.4. The highest BCUT2D eigenvalue weighted by atomic mass is 32.1. The van der Waals surface area contributed by atoms with Crippen LogP contribution in [-0.2, 0) is 5.41 Å². The van der Waals surface area contributed by atoms with Crippen LogP contribution in [0, 0.1) is 23.7 Å². The van der Waals surface area contributed by atoms with E-state index >= 15 is 0 Å². The van der Waals surface area contributed by atoms with Crippen LogP contribution < -0.4 is 0 Å². The molecule has 4 bridgehead atoms. The molecule has 1 heterocycles. The van der Waals surface area contributed by atoms with Gasteiger partial charge >= 0.3 is 0 Å². The van der Waals surface area contributed by atoms with Crippen LogP contribution in [0.25, 0.3) is 85.9 Å². The molecule has 1 spiro atoms. The van der Waals surface area contributed by atoms with Gasteiger partial charge in [0.15, 0.2) is 0 Å². The third-order valence-corrected chi connectivity index (χ3v) is 15.6. The molecule has 5 aliphatic carbocycles. The van der Waals surface area contributed by atoms with E-state index in [9.17, 15) is 0 Å². The quantitative estimate of drug-likeness (QED) is 0.158. The van der Waals surface area contributed by atoms with Crippen LogP contribution in [0.5, 0.6) is 0 Å². The molecule has 0 N–H and O–H groups in total. The second kappa shape index (κ2) is 10.5. The van der Waals surface area contributed by atoms with Crippen molar-refractivity contribution in [2.75, 3.05) is 0 Å². The molecule has 0 radical (unpaired) electrons. The Balaban J connectivity index is 1.08. The molecular formula is C52H38S. The van der Waals surface area contributed by atoms with E-state index in [1.165, 1.54) is 118 Å². The first-order valence-electron chi connectivity index (χ1n) is 19.8. The second-order valence-corrected chi connectivity index (χ2v) is 17.9. The van der Waals surface area contributed by atoms with Crippen molar-refractivity contribution in [3.63, 3.8) is 0 Å². The Labute approximate surface area is 313 Å². The lowest BCUT2D eigenvalue weighted by atomic mass is 9.43. The van der Waals surface area contributed by atoms with Gasteiger partial charge in [0, 0.05) is 25.6 Å². The largest absolute Gasteiger partial charge is 0.135 e. The summed E-state index contributed by atoms with van der Waals surface area (Å²) in [5.74, 6) is 3.35. The lowest BCUT2D eigenvalue weighted by molar-refractivity contribution is -0.0393. The minimum Gasteiger partial charge on any atom is -0.135 e. The van der Waals surface area contributed by atoms with Crippen molar-refractivity contribution >= 4 is 63.8 Å². The van der Waals surface area contributed by atoms with E-state index in [1.807, 2.05) is 11.3 Å². The lowest BCUT2D eigenvalue weighted by Gasteiger charge is -2.61. The summed E-state index contributed by atoms with van der Waals surface area (Å²) in [4.78, 5) is 0. The minimum absolute atomic E-state index is 0.135. The predicted molar refractivity (Wildman–Crippen MR) is 226 cm³/mol. The van der Waals surface area contributed by atoms with Crippen molar-refractivity contribution in [2.45, 2.75) is 37.5 Å². The van der Waals surface area contributed by atoms with Gasteiger partial charge in [-0.25, -0.2) is 0 Å². The van der Waals surface area contributed by atoms with Crippen molar-refractivity contribution in [2.24, 2.45) is 23.7 Å². The van der Waals surface area contributed by atoms with Gasteiger partial charge in [0.25, 0.3) is 0 Å². The van der Waals surface area contributed by atoms with Crippen LogP contribution in [-0.4, -0.2) is 0 Å². The average Bonchev–Trinajstić information content (AvgIpc) is 3.72. The zero-order chi connectivity index (χ0) is 34.4. The molecule has 0 aliphatic heterocycles. The van der Waals surface area contributed by atoms with E-state index in [-0.39, 0.29) is 5.41 Å². The van der Waals surface area contributed by atoms with Gasteiger partial charge in [-0.15, -0.1) is 11.3 Å². The molecule has 5 aliphatic rings. The standard InChI is InChI=1S/C52H38S/c1-2-10-37-32(9-1)17-20-43-44-28-33(18-21-46(44)52(51(37)43)35-24-30-23-31(26-35)27-36(52)25-30)49-39-12-3-5-14-41(39)50(42-15-6-4-13-40(42)49)34-19-22-48-45(29-34)38-11-7-8-16-47(38)53-48/h1-22,28-31,35-36H,23-27H2. The van der Waals surface area contributed by atoms with Gasteiger partial charge in [-0.2, -0.15) is 0 Å². The maximum atomic E-state index is 2.61. The van der Waals surface area contributed by atoms with Crippen molar-refractivity contribution in [3.05, 3.63) is 157 Å².